The van der Waals surface area contributed by atoms with Crippen LogP contribution in [0.3, 0.4) is 0 Å². The molecule has 8 heteroatoms. The number of carbonyl (C=O) groups is 2. The number of hydrogen-bond donors (Lipinski definition) is 2. The maximum atomic E-state index is 9.10. The lowest BCUT2D eigenvalue weighted by Crippen LogP contribution is -2.09. The molecule has 0 amide bonds. The van der Waals surface area contributed by atoms with E-state index >= 15 is 0 Å². The number of nitrogens with zero attached hydrogens (tertiary/aromatic N) is 1. The molecule has 1 aromatic heterocycles. The van der Waals surface area contributed by atoms with E-state index in [0.717, 1.165) is 39.7 Å². The van der Waals surface area contributed by atoms with Crippen molar-refractivity contribution in [2.45, 2.75) is 13.3 Å². The van der Waals surface area contributed by atoms with Gasteiger partial charge in [0.05, 0.1) is 19.4 Å². The van der Waals surface area contributed by atoms with Gasteiger partial charge in [0.15, 0.2) is 11.5 Å². The van der Waals surface area contributed by atoms with Gasteiger partial charge in [0.25, 0.3) is 0 Å². The van der Waals surface area contributed by atoms with E-state index in [4.69, 9.17) is 34.3 Å². The van der Waals surface area contributed by atoms with Gasteiger partial charge in [-0.25, -0.2) is 14.6 Å². The lowest BCUT2D eigenvalue weighted by atomic mass is 10.0. The van der Waals surface area contributed by atoms with Crippen LogP contribution in [0.25, 0.3) is 33.0 Å². The minimum atomic E-state index is -1.82. The third kappa shape index (κ3) is 5.17. The van der Waals surface area contributed by atoms with Crippen LogP contribution in [0.15, 0.2) is 66.0 Å². The summed E-state index contributed by atoms with van der Waals surface area (Å²) in [6.45, 7) is 2.58. The van der Waals surface area contributed by atoms with Crippen LogP contribution >= 0.6 is 11.3 Å². The lowest BCUT2D eigenvalue weighted by Gasteiger charge is -2.10. The molecule has 0 spiro atoms. The van der Waals surface area contributed by atoms with E-state index in [-0.39, 0.29) is 0 Å². The number of rotatable bonds is 5. The van der Waals surface area contributed by atoms with Crippen molar-refractivity contribution in [3.05, 3.63) is 77.2 Å². The quantitative estimate of drug-likeness (QED) is 0.309. The highest BCUT2D eigenvalue weighted by Crippen LogP contribution is 2.40. The minimum Gasteiger partial charge on any atom is -0.493 e. The molecule has 1 heterocycles. The summed E-state index contributed by atoms with van der Waals surface area (Å²) in [5.74, 6) is -2.16. The number of ether oxygens (including phenoxy) is 2. The number of thiazole rings is 1. The van der Waals surface area contributed by atoms with Crippen LogP contribution < -0.4 is 9.47 Å². The summed E-state index contributed by atoms with van der Waals surface area (Å²) < 4.78 is 11.1. The molecule has 0 atom stereocenters. The molecule has 4 aromatic rings. The molecule has 1 aliphatic rings. The molecule has 0 fully saturated rings. The number of aromatic nitrogens is 1. The Hall–Kier alpha value is -4.17. The summed E-state index contributed by atoms with van der Waals surface area (Å²) >= 11 is 1.65. The number of aliphatic carboxylic acids is 2. The van der Waals surface area contributed by atoms with Crippen LogP contribution in [0.4, 0.5) is 0 Å². The first-order chi connectivity index (χ1) is 16.9. The predicted octanol–water partition coefficient (Wildman–Crippen LogP) is 5.61. The smallest absolute Gasteiger partial charge is 0.414 e. The maximum absolute atomic E-state index is 9.10. The van der Waals surface area contributed by atoms with Gasteiger partial charge in [-0.2, -0.15) is 0 Å². The van der Waals surface area contributed by atoms with E-state index in [2.05, 4.69) is 47.8 Å². The molecule has 0 radical (unpaired) electrons. The van der Waals surface area contributed by atoms with E-state index in [9.17, 15) is 0 Å². The second kappa shape index (κ2) is 10.4. The zero-order valence-corrected chi connectivity index (χ0v) is 20.0. The molecule has 3 aromatic carbocycles. The molecule has 5 rings (SSSR count). The van der Waals surface area contributed by atoms with Crippen LogP contribution in [0.2, 0.25) is 0 Å². The van der Waals surface area contributed by atoms with E-state index in [0.29, 0.717) is 6.61 Å². The zero-order valence-electron chi connectivity index (χ0n) is 19.1. The van der Waals surface area contributed by atoms with Crippen molar-refractivity contribution in [2.75, 3.05) is 13.7 Å². The molecule has 2 N–H and O–H groups in total. The fourth-order valence-corrected chi connectivity index (χ4v) is 4.72. The fraction of sp³-hybridized carbons (Fsp3) is 0.148. The van der Waals surface area contributed by atoms with Crippen LogP contribution in [0.5, 0.6) is 11.5 Å². The maximum Gasteiger partial charge on any atom is 0.414 e. The fourth-order valence-electron chi connectivity index (χ4n) is 3.90. The number of carboxylic acid groups (broad SMARTS) is 2. The van der Waals surface area contributed by atoms with Gasteiger partial charge >= 0.3 is 11.9 Å². The summed E-state index contributed by atoms with van der Waals surface area (Å²) in [4.78, 5) is 23.1. The molecular weight excluding hydrogens is 466 g/mol. The van der Waals surface area contributed by atoms with Crippen LogP contribution in [-0.2, 0) is 16.0 Å². The largest absolute Gasteiger partial charge is 0.493 e. The molecule has 35 heavy (non-hydrogen) atoms. The van der Waals surface area contributed by atoms with Crippen molar-refractivity contribution in [1.29, 1.82) is 0 Å². The Labute approximate surface area is 206 Å². The SMILES string of the molecule is CCOc1ccc(-c2nc(-c3ccc4c(c3)-c3ccccc3C4)cs2)cc1OC.O=C(O)C(=O)O. The third-order valence-electron chi connectivity index (χ3n) is 5.49. The Morgan fingerprint density at radius 1 is 0.914 bits per heavy atom. The molecule has 1 aliphatic carbocycles. The predicted molar refractivity (Wildman–Crippen MR) is 134 cm³/mol. The van der Waals surface area contributed by atoms with Crippen molar-refractivity contribution in [1.82, 2.24) is 4.98 Å². The van der Waals surface area contributed by atoms with E-state index in [1.807, 2.05) is 25.1 Å². The highest BCUT2D eigenvalue weighted by Gasteiger charge is 2.19. The molecule has 0 aliphatic heterocycles. The second-order valence-electron chi connectivity index (χ2n) is 7.65. The summed E-state index contributed by atoms with van der Waals surface area (Å²) in [5, 5.41) is 17.9. The van der Waals surface area contributed by atoms with Crippen molar-refractivity contribution < 1.29 is 29.3 Å². The van der Waals surface area contributed by atoms with Crippen molar-refractivity contribution >= 4 is 23.3 Å². The van der Waals surface area contributed by atoms with Crippen molar-refractivity contribution in [3.63, 3.8) is 0 Å². The summed E-state index contributed by atoms with van der Waals surface area (Å²) in [7, 11) is 1.66. The summed E-state index contributed by atoms with van der Waals surface area (Å²) in [5.41, 5.74) is 8.66. The normalized spacial score (nSPS) is 11.0. The Bertz CT molecular complexity index is 1380. The monoisotopic (exact) mass is 489 g/mol. The third-order valence-corrected chi connectivity index (χ3v) is 6.38. The van der Waals surface area contributed by atoms with Gasteiger partial charge in [-0.15, -0.1) is 11.3 Å². The molecule has 0 unspecified atom stereocenters. The zero-order chi connectivity index (χ0) is 24.9. The Morgan fingerprint density at radius 2 is 1.63 bits per heavy atom. The number of methoxy groups -OCH3 is 1. The van der Waals surface area contributed by atoms with E-state index in [1.165, 1.54) is 22.3 Å². The molecule has 178 valence electrons. The highest BCUT2D eigenvalue weighted by molar-refractivity contribution is 7.13. The second-order valence-corrected chi connectivity index (χ2v) is 8.51. The van der Waals surface area contributed by atoms with Gasteiger partial charge in [0.2, 0.25) is 0 Å². The van der Waals surface area contributed by atoms with E-state index < -0.39 is 11.9 Å². The first-order valence-electron chi connectivity index (χ1n) is 10.9. The van der Waals surface area contributed by atoms with Gasteiger partial charge < -0.3 is 19.7 Å². The summed E-state index contributed by atoms with van der Waals surface area (Å²) in [6, 6.07) is 21.3. The van der Waals surface area contributed by atoms with Crippen LogP contribution in [0.1, 0.15) is 18.1 Å². The standard InChI is InChI=1S/C25H21NO2S.C2H2O4/c1-3-28-23-11-10-19(14-24(23)27-2)25-26-22(15-29-25)18-9-8-17-12-16-6-4-5-7-20(16)21(17)13-18;3-1(4)2(5)6/h4-11,13-15H,3,12H2,1-2H3;(H,3,4)(H,5,6). The number of benzene rings is 3. The van der Waals surface area contributed by atoms with Gasteiger partial charge in [-0.3, -0.25) is 0 Å². The first kappa shape index (κ1) is 24.0. The average Bonchev–Trinajstić information content (AvgIpc) is 3.49. The Balaban J connectivity index is 0.000000431. The van der Waals surface area contributed by atoms with Crippen molar-refractivity contribution in [2.24, 2.45) is 0 Å². The number of hydrogen-bond acceptors (Lipinski definition) is 6. The summed E-state index contributed by atoms with van der Waals surface area (Å²) in [6.07, 6.45) is 1.01. The average molecular weight is 490 g/mol. The van der Waals surface area contributed by atoms with Gasteiger partial charge in [0.1, 0.15) is 5.01 Å². The molecule has 7 nitrogen and oxygen atoms in total. The molecule has 0 saturated carbocycles. The van der Waals surface area contributed by atoms with Crippen molar-refractivity contribution in [3.8, 4) is 44.5 Å². The van der Waals surface area contributed by atoms with Crippen LogP contribution in [0, 0.1) is 0 Å². The Kier molecular flexibility index (Phi) is 7.12. The molecular formula is C27H23NO6S. The van der Waals surface area contributed by atoms with Gasteiger partial charge in [-0.1, -0.05) is 36.4 Å². The topological polar surface area (TPSA) is 106 Å². The molecule has 0 bridgehead atoms. The highest BCUT2D eigenvalue weighted by atomic mass is 32.1. The number of carboxylic acids is 2. The van der Waals surface area contributed by atoms with Gasteiger partial charge in [0, 0.05) is 16.5 Å². The molecule has 0 saturated heterocycles. The number of fused-ring (bicyclic) bond motifs is 3. The first-order valence-corrected chi connectivity index (χ1v) is 11.7. The Morgan fingerprint density at radius 3 is 2.34 bits per heavy atom. The van der Waals surface area contributed by atoms with E-state index in [1.54, 1.807) is 18.4 Å². The van der Waals surface area contributed by atoms with Gasteiger partial charge in [-0.05, 0) is 59.9 Å². The van der Waals surface area contributed by atoms with Crippen LogP contribution in [-0.4, -0.2) is 40.9 Å². The lowest BCUT2D eigenvalue weighted by molar-refractivity contribution is -0.159. The minimum absolute atomic E-state index is 0.610.